The first kappa shape index (κ1) is 63.9. The van der Waals surface area contributed by atoms with Crippen molar-refractivity contribution < 1.29 is 32.9 Å². The minimum absolute atomic E-state index is 0.0188. The van der Waals surface area contributed by atoms with Crippen molar-refractivity contribution >= 4 is 13.7 Å². The largest absolute Gasteiger partial charge is 0.756 e. The van der Waals surface area contributed by atoms with Crippen LogP contribution in [0, 0.1) is 0 Å². The zero-order valence-corrected chi connectivity index (χ0v) is 44.2. The lowest BCUT2D eigenvalue weighted by Gasteiger charge is -2.29. The average Bonchev–Trinajstić information content (AvgIpc) is 3.29. The third kappa shape index (κ3) is 50.6. The average molecular weight is 951 g/mol. The van der Waals surface area contributed by atoms with Gasteiger partial charge >= 0.3 is 0 Å². The number of hydrogen-bond acceptors (Lipinski definition) is 6. The van der Waals surface area contributed by atoms with Gasteiger partial charge in [0.25, 0.3) is 7.82 Å². The summed E-state index contributed by atoms with van der Waals surface area (Å²) < 4.78 is 23.2. The number of unbranched alkanes of at least 4 members (excludes halogenated alkanes) is 15. The summed E-state index contributed by atoms with van der Waals surface area (Å²) in [6.07, 6.45) is 71.2. The van der Waals surface area contributed by atoms with Gasteiger partial charge in [-0.2, -0.15) is 0 Å². The van der Waals surface area contributed by atoms with Gasteiger partial charge in [0.2, 0.25) is 5.91 Å². The highest BCUT2D eigenvalue weighted by atomic mass is 31.2. The second-order valence-corrected chi connectivity index (χ2v) is 19.9. The van der Waals surface area contributed by atoms with Gasteiger partial charge in [-0.25, -0.2) is 0 Å². The summed E-state index contributed by atoms with van der Waals surface area (Å²) in [7, 11) is 1.20. The summed E-state index contributed by atoms with van der Waals surface area (Å²) in [6.45, 7) is 4.47. The third-order valence-electron chi connectivity index (χ3n) is 10.9. The van der Waals surface area contributed by atoms with Crippen LogP contribution in [0.3, 0.4) is 0 Å². The molecule has 0 aromatic carbocycles. The van der Waals surface area contributed by atoms with Crippen LogP contribution < -0.4 is 10.2 Å². The van der Waals surface area contributed by atoms with Crippen LogP contribution in [0.4, 0.5) is 0 Å². The van der Waals surface area contributed by atoms with Crippen LogP contribution in [-0.4, -0.2) is 68.5 Å². The van der Waals surface area contributed by atoms with E-state index in [9.17, 15) is 19.4 Å². The van der Waals surface area contributed by atoms with Gasteiger partial charge in [0, 0.05) is 6.42 Å². The first-order chi connectivity index (χ1) is 32.5. The van der Waals surface area contributed by atoms with E-state index in [0.717, 1.165) is 83.5 Å². The van der Waals surface area contributed by atoms with E-state index in [1.54, 1.807) is 6.08 Å². The van der Waals surface area contributed by atoms with Gasteiger partial charge in [0.15, 0.2) is 0 Å². The van der Waals surface area contributed by atoms with E-state index >= 15 is 0 Å². The van der Waals surface area contributed by atoms with Gasteiger partial charge in [-0.05, 0) is 83.5 Å². The van der Waals surface area contributed by atoms with E-state index in [1.165, 1.54) is 77.0 Å². The summed E-state index contributed by atoms with van der Waals surface area (Å²) in [4.78, 5) is 25.4. The Morgan fingerprint density at radius 3 is 1.31 bits per heavy atom. The zero-order chi connectivity index (χ0) is 49.2. The third-order valence-corrected chi connectivity index (χ3v) is 11.9. The highest BCUT2D eigenvalue weighted by Crippen LogP contribution is 2.38. The minimum Gasteiger partial charge on any atom is -0.756 e. The van der Waals surface area contributed by atoms with E-state index in [1.807, 2.05) is 27.2 Å². The van der Waals surface area contributed by atoms with Gasteiger partial charge in [0.05, 0.1) is 39.9 Å². The van der Waals surface area contributed by atoms with E-state index in [-0.39, 0.29) is 18.9 Å². The zero-order valence-electron chi connectivity index (χ0n) is 43.3. The van der Waals surface area contributed by atoms with Crippen molar-refractivity contribution in [3.63, 3.8) is 0 Å². The number of phosphoric ester groups is 1. The van der Waals surface area contributed by atoms with Gasteiger partial charge in [0.1, 0.15) is 13.2 Å². The van der Waals surface area contributed by atoms with Crippen LogP contribution in [-0.2, 0) is 18.4 Å². The maximum Gasteiger partial charge on any atom is 0.268 e. The summed E-state index contributed by atoms with van der Waals surface area (Å²) >= 11 is 0. The Labute approximate surface area is 412 Å². The Bertz CT molecular complexity index is 1500. The van der Waals surface area contributed by atoms with Gasteiger partial charge in [-0.15, -0.1) is 0 Å². The number of phosphoric acid groups is 1. The van der Waals surface area contributed by atoms with Crippen LogP contribution in [0.1, 0.15) is 187 Å². The molecule has 0 aliphatic rings. The Morgan fingerprint density at radius 1 is 0.537 bits per heavy atom. The lowest BCUT2D eigenvalue weighted by Crippen LogP contribution is -2.45. The molecule has 0 saturated heterocycles. The normalized spacial score (nSPS) is 15.0. The number of aliphatic hydroxyl groups excluding tert-OH is 1. The second-order valence-electron chi connectivity index (χ2n) is 18.5. The predicted molar refractivity (Wildman–Crippen MR) is 288 cm³/mol. The fourth-order valence-corrected chi connectivity index (χ4v) is 7.52. The molecule has 0 aromatic heterocycles. The van der Waals surface area contributed by atoms with Crippen molar-refractivity contribution in [1.29, 1.82) is 0 Å². The molecule has 2 N–H and O–H groups in total. The minimum atomic E-state index is -4.62. The molecule has 0 aliphatic heterocycles. The number of aliphatic hydroxyl groups is 1. The molecule has 9 heteroatoms. The number of nitrogens with one attached hydrogen (secondary N) is 1. The molecule has 1 amide bonds. The quantitative estimate of drug-likeness (QED) is 0.0272. The molecule has 67 heavy (non-hydrogen) atoms. The molecule has 0 saturated carbocycles. The molecular formula is C58H99N2O6P. The summed E-state index contributed by atoms with van der Waals surface area (Å²) in [5.41, 5.74) is 0. The second kappa shape index (κ2) is 47.9. The first-order valence-corrected chi connectivity index (χ1v) is 27.9. The summed E-state index contributed by atoms with van der Waals surface area (Å²) in [5, 5.41) is 13.8. The van der Waals surface area contributed by atoms with Crippen molar-refractivity contribution in [3.05, 3.63) is 122 Å². The highest BCUT2D eigenvalue weighted by Gasteiger charge is 2.23. The number of likely N-dealkylation sites (N-methyl/N-ethyl adjacent to an activating group) is 1. The van der Waals surface area contributed by atoms with Gasteiger partial charge < -0.3 is 28.8 Å². The smallest absolute Gasteiger partial charge is 0.268 e. The van der Waals surface area contributed by atoms with E-state index < -0.39 is 26.6 Å². The molecule has 0 radical (unpaired) electrons. The molecule has 382 valence electrons. The van der Waals surface area contributed by atoms with E-state index in [2.05, 4.69) is 129 Å². The molecule has 3 atom stereocenters. The Morgan fingerprint density at radius 2 is 0.910 bits per heavy atom. The lowest BCUT2D eigenvalue weighted by atomic mass is 10.0. The molecule has 0 rings (SSSR count). The topological polar surface area (TPSA) is 108 Å². The van der Waals surface area contributed by atoms with Crippen LogP contribution >= 0.6 is 7.82 Å². The number of quaternary nitrogens is 1. The maximum absolute atomic E-state index is 12.9. The number of rotatable bonds is 46. The number of amides is 1. The molecule has 0 spiro atoms. The molecule has 0 heterocycles. The molecule has 0 bridgehead atoms. The van der Waals surface area contributed by atoms with Crippen molar-refractivity contribution in [2.75, 3.05) is 40.9 Å². The molecular weight excluding hydrogens is 852 g/mol. The molecule has 0 aliphatic carbocycles. The first-order valence-electron chi connectivity index (χ1n) is 26.4. The molecule has 0 fully saturated rings. The fraction of sp³-hybridized carbons (Fsp3) is 0.638. The fourth-order valence-electron chi connectivity index (χ4n) is 6.80. The van der Waals surface area contributed by atoms with Crippen molar-refractivity contribution in [3.8, 4) is 0 Å². The summed E-state index contributed by atoms with van der Waals surface area (Å²) in [6, 6.07) is -0.926. The number of carbonyl (C=O) groups is 1. The van der Waals surface area contributed by atoms with E-state index in [0.29, 0.717) is 17.4 Å². The highest BCUT2D eigenvalue weighted by molar-refractivity contribution is 7.45. The van der Waals surface area contributed by atoms with Crippen LogP contribution in [0.15, 0.2) is 122 Å². The van der Waals surface area contributed by atoms with Gasteiger partial charge in [-0.3, -0.25) is 9.36 Å². The Hall–Kier alpha value is -3.10. The van der Waals surface area contributed by atoms with E-state index in [4.69, 9.17) is 9.05 Å². The van der Waals surface area contributed by atoms with Crippen molar-refractivity contribution in [1.82, 2.24) is 5.32 Å². The van der Waals surface area contributed by atoms with Gasteiger partial charge in [-0.1, -0.05) is 219 Å². The van der Waals surface area contributed by atoms with Crippen LogP contribution in [0.2, 0.25) is 0 Å². The lowest BCUT2D eigenvalue weighted by molar-refractivity contribution is -0.870. The molecule has 0 aromatic rings. The summed E-state index contributed by atoms with van der Waals surface area (Å²) in [5.74, 6) is -0.260. The maximum atomic E-state index is 12.9. The number of hydrogen-bond donors (Lipinski definition) is 2. The number of allylic oxidation sites excluding steroid dienone is 19. The Kier molecular flexibility index (Phi) is 45.7. The number of nitrogens with zero attached hydrogens (tertiary/aromatic N) is 1. The number of carbonyl (C=O) groups excluding carboxylic acids is 1. The van der Waals surface area contributed by atoms with Crippen molar-refractivity contribution in [2.45, 2.75) is 199 Å². The van der Waals surface area contributed by atoms with Crippen LogP contribution in [0.5, 0.6) is 0 Å². The van der Waals surface area contributed by atoms with Crippen molar-refractivity contribution in [2.24, 2.45) is 0 Å². The molecule has 3 unspecified atom stereocenters. The molecule has 8 nitrogen and oxygen atoms in total. The SMILES string of the molecule is CC/C=C\C/C=C\C/C=C\C/C=C\C/C=C\C/C=C\C/C=C\C/C=C\C/C=C\CCCC(=O)NC(COP(=O)([O-])OCC[N+](C)(C)C)C(O)/C=C/CCCCCCCCCCCCCCCC. The predicted octanol–water partition coefficient (Wildman–Crippen LogP) is 15.2. The Balaban J connectivity index is 4.43. The standard InChI is InChI=1S/C58H99N2O6P/c1-6-8-10-12-14-16-18-20-22-24-25-26-27-28-29-30-31-32-33-34-35-36-38-40-42-44-46-48-50-52-58(62)59-56(55-66-67(63,64)65-54-53-60(3,4)5)57(61)51-49-47-45-43-41-39-37-23-21-19-17-15-13-11-9-7-2/h8,10,14,16,20,22,25-26,28-29,31-32,34-35,38,40,44,46,49,51,56-57,61H,6-7,9,11-13,15,17-19,21,23-24,27,30,33,36-37,39,41-43,45,47-48,50,52-55H2,1-5H3,(H-,59,62,63,64)/b10-8-,16-14-,22-20-,26-25-,29-28-,32-31-,35-34-,40-38-,46-44-,51-49+. The monoisotopic (exact) mass is 951 g/mol. The van der Waals surface area contributed by atoms with Crippen LogP contribution in [0.25, 0.3) is 0 Å².